The number of rotatable bonds is 5. The molecule has 0 heterocycles. The van der Waals surface area contributed by atoms with Crippen molar-refractivity contribution in [3.63, 3.8) is 0 Å². The summed E-state index contributed by atoms with van der Waals surface area (Å²) in [6.07, 6.45) is 0. The Bertz CT molecular complexity index is 583. The third-order valence-corrected chi connectivity index (χ3v) is 4.98. The lowest BCUT2D eigenvalue weighted by Crippen LogP contribution is -2.44. The Morgan fingerprint density at radius 3 is 2.37 bits per heavy atom. The molecule has 0 radical (unpaired) electrons. The van der Waals surface area contributed by atoms with Crippen LogP contribution in [0.5, 0.6) is 0 Å². The summed E-state index contributed by atoms with van der Waals surface area (Å²) in [4.78, 5) is 11.1. The quantitative estimate of drug-likeness (QED) is 0.852. The SMILES string of the molecule is Cc1cc(S(=O)(=O)NC(C(=O)O)C(C)C)ccc1Br. The highest BCUT2D eigenvalue weighted by Crippen LogP contribution is 2.20. The highest BCUT2D eigenvalue weighted by molar-refractivity contribution is 9.10. The van der Waals surface area contributed by atoms with Crippen LogP contribution in [0.3, 0.4) is 0 Å². The highest BCUT2D eigenvalue weighted by atomic mass is 79.9. The Labute approximate surface area is 121 Å². The number of sulfonamides is 1. The minimum absolute atomic E-state index is 0.0556. The molecule has 0 saturated heterocycles. The standard InChI is InChI=1S/C12H16BrNO4S/c1-7(2)11(12(15)16)14-19(17,18)9-4-5-10(13)8(3)6-9/h4-7,11,14H,1-3H3,(H,15,16). The summed E-state index contributed by atoms with van der Waals surface area (Å²) in [5.41, 5.74) is 0.763. The van der Waals surface area contributed by atoms with Crippen LogP contribution in [0, 0.1) is 12.8 Å². The summed E-state index contributed by atoms with van der Waals surface area (Å²) in [5, 5.41) is 9.02. The van der Waals surface area contributed by atoms with E-state index in [0.717, 1.165) is 10.0 Å². The van der Waals surface area contributed by atoms with Crippen molar-refractivity contribution in [1.29, 1.82) is 0 Å². The molecule has 0 aliphatic rings. The number of carbonyl (C=O) groups is 1. The second-order valence-corrected chi connectivity index (χ2v) is 7.16. The van der Waals surface area contributed by atoms with Crippen molar-refractivity contribution in [2.75, 3.05) is 0 Å². The van der Waals surface area contributed by atoms with Crippen molar-refractivity contribution < 1.29 is 18.3 Å². The number of aryl methyl sites for hydroxylation is 1. The van der Waals surface area contributed by atoms with Gasteiger partial charge >= 0.3 is 5.97 Å². The molecule has 5 nitrogen and oxygen atoms in total. The van der Waals surface area contributed by atoms with Gasteiger partial charge in [-0.05, 0) is 36.6 Å². The van der Waals surface area contributed by atoms with Gasteiger partial charge in [-0.3, -0.25) is 4.79 Å². The third kappa shape index (κ3) is 4.02. The fraction of sp³-hybridized carbons (Fsp3) is 0.417. The van der Waals surface area contributed by atoms with E-state index in [2.05, 4.69) is 20.7 Å². The van der Waals surface area contributed by atoms with E-state index in [1.807, 2.05) is 0 Å². The number of carboxylic acids is 1. The Morgan fingerprint density at radius 2 is 1.95 bits per heavy atom. The fourth-order valence-electron chi connectivity index (χ4n) is 1.49. The number of aliphatic carboxylic acids is 1. The molecule has 2 N–H and O–H groups in total. The minimum Gasteiger partial charge on any atom is -0.480 e. The molecule has 0 aliphatic carbocycles. The van der Waals surface area contributed by atoms with E-state index in [4.69, 9.17) is 5.11 Å². The molecule has 0 amide bonds. The molecular weight excluding hydrogens is 334 g/mol. The van der Waals surface area contributed by atoms with Crippen molar-refractivity contribution in [2.45, 2.75) is 31.7 Å². The lowest BCUT2D eigenvalue weighted by atomic mass is 10.1. The fourth-order valence-corrected chi connectivity index (χ4v) is 3.16. The number of carboxylic acid groups (broad SMARTS) is 1. The minimum atomic E-state index is -3.84. The number of hydrogen-bond acceptors (Lipinski definition) is 3. The molecule has 0 saturated carbocycles. The number of hydrogen-bond donors (Lipinski definition) is 2. The van der Waals surface area contributed by atoms with Crippen LogP contribution in [0.15, 0.2) is 27.6 Å². The van der Waals surface area contributed by atoms with Crippen LogP contribution in [0.1, 0.15) is 19.4 Å². The molecule has 1 atom stereocenters. The molecule has 0 fully saturated rings. The van der Waals surface area contributed by atoms with Gasteiger partial charge in [0, 0.05) is 4.47 Å². The maximum absolute atomic E-state index is 12.1. The van der Waals surface area contributed by atoms with E-state index in [0.29, 0.717) is 0 Å². The van der Waals surface area contributed by atoms with E-state index in [-0.39, 0.29) is 10.8 Å². The van der Waals surface area contributed by atoms with E-state index >= 15 is 0 Å². The lowest BCUT2D eigenvalue weighted by molar-refractivity contribution is -0.140. The van der Waals surface area contributed by atoms with Gasteiger partial charge in [-0.2, -0.15) is 4.72 Å². The van der Waals surface area contributed by atoms with Crippen LogP contribution in [0.2, 0.25) is 0 Å². The first kappa shape index (κ1) is 16.1. The predicted molar refractivity (Wildman–Crippen MR) is 75.5 cm³/mol. The van der Waals surface area contributed by atoms with Crippen LogP contribution < -0.4 is 4.72 Å². The average Bonchev–Trinajstić information content (AvgIpc) is 2.28. The number of halogens is 1. The number of nitrogens with one attached hydrogen (secondary N) is 1. The normalized spacial score (nSPS) is 13.5. The topological polar surface area (TPSA) is 83.5 Å². The first-order valence-corrected chi connectivity index (χ1v) is 7.94. The van der Waals surface area contributed by atoms with Gasteiger partial charge in [-0.15, -0.1) is 0 Å². The van der Waals surface area contributed by atoms with Crippen molar-refractivity contribution >= 4 is 31.9 Å². The first-order chi connectivity index (χ1) is 8.65. The molecule has 19 heavy (non-hydrogen) atoms. The molecule has 0 aliphatic heterocycles. The molecular formula is C12H16BrNO4S. The summed E-state index contributed by atoms with van der Waals surface area (Å²) in [5.74, 6) is -1.53. The predicted octanol–water partition coefficient (Wildman–Crippen LogP) is 2.15. The largest absolute Gasteiger partial charge is 0.480 e. The van der Waals surface area contributed by atoms with Crippen LogP contribution in [0.25, 0.3) is 0 Å². The van der Waals surface area contributed by atoms with Crippen molar-refractivity contribution in [2.24, 2.45) is 5.92 Å². The van der Waals surface area contributed by atoms with Gasteiger partial charge in [0.2, 0.25) is 10.0 Å². The Hall–Kier alpha value is -0.920. The van der Waals surface area contributed by atoms with Gasteiger partial charge in [-0.25, -0.2) is 8.42 Å². The Balaban J connectivity index is 3.10. The van der Waals surface area contributed by atoms with Gasteiger partial charge in [0.15, 0.2) is 0 Å². The number of benzene rings is 1. The highest BCUT2D eigenvalue weighted by Gasteiger charge is 2.28. The van der Waals surface area contributed by atoms with Crippen LogP contribution in [0.4, 0.5) is 0 Å². The van der Waals surface area contributed by atoms with E-state index in [1.165, 1.54) is 12.1 Å². The van der Waals surface area contributed by atoms with Crippen molar-refractivity contribution in [3.8, 4) is 0 Å². The zero-order chi connectivity index (χ0) is 14.8. The van der Waals surface area contributed by atoms with Gasteiger partial charge in [0.05, 0.1) is 4.90 Å². The summed E-state index contributed by atoms with van der Waals surface area (Å²) in [6.45, 7) is 5.06. The molecule has 0 bridgehead atoms. The average molecular weight is 350 g/mol. The van der Waals surface area contributed by atoms with E-state index < -0.39 is 22.0 Å². The molecule has 1 aromatic carbocycles. The second kappa shape index (κ2) is 6.02. The maximum atomic E-state index is 12.1. The summed E-state index contributed by atoms with van der Waals surface area (Å²) in [7, 11) is -3.84. The van der Waals surface area contributed by atoms with Gasteiger partial charge in [0.25, 0.3) is 0 Å². The van der Waals surface area contributed by atoms with Crippen LogP contribution in [-0.4, -0.2) is 25.5 Å². The monoisotopic (exact) mass is 349 g/mol. The van der Waals surface area contributed by atoms with Crippen LogP contribution >= 0.6 is 15.9 Å². The Kier molecular flexibility index (Phi) is 5.11. The summed E-state index contributed by atoms with van der Waals surface area (Å²) in [6, 6.07) is 3.40. The summed E-state index contributed by atoms with van der Waals surface area (Å²) >= 11 is 3.28. The lowest BCUT2D eigenvalue weighted by Gasteiger charge is -2.18. The summed E-state index contributed by atoms with van der Waals surface area (Å²) < 4.78 is 27.3. The second-order valence-electron chi connectivity index (χ2n) is 4.59. The zero-order valence-electron chi connectivity index (χ0n) is 10.8. The van der Waals surface area contributed by atoms with E-state index in [9.17, 15) is 13.2 Å². The molecule has 1 unspecified atom stereocenters. The van der Waals surface area contributed by atoms with Gasteiger partial charge in [0.1, 0.15) is 6.04 Å². The van der Waals surface area contributed by atoms with Gasteiger partial charge in [-0.1, -0.05) is 29.8 Å². The zero-order valence-corrected chi connectivity index (χ0v) is 13.2. The van der Waals surface area contributed by atoms with Crippen molar-refractivity contribution in [3.05, 3.63) is 28.2 Å². The molecule has 1 rings (SSSR count). The smallest absolute Gasteiger partial charge is 0.322 e. The third-order valence-electron chi connectivity index (χ3n) is 2.65. The molecule has 106 valence electrons. The Morgan fingerprint density at radius 1 is 1.37 bits per heavy atom. The van der Waals surface area contributed by atoms with E-state index in [1.54, 1.807) is 26.8 Å². The van der Waals surface area contributed by atoms with Crippen LogP contribution in [-0.2, 0) is 14.8 Å². The van der Waals surface area contributed by atoms with Gasteiger partial charge < -0.3 is 5.11 Å². The molecule has 7 heteroatoms. The maximum Gasteiger partial charge on any atom is 0.322 e. The molecule has 1 aromatic rings. The first-order valence-electron chi connectivity index (χ1n) is 5.66. The molecule has 0 aromatic heterocycles. The van der Waals surface area contributed by atoms with Crippen molar-refractivity contribution in [1.82, 2.24) is 4.72 Å². The molecule has 0 spiro atoms.